The molecule has 0 saturated carbocycles. The van der Waals surface area contributed by atoms with Crippen LogP contribution in [0, 0.1) is 0 Å². The van der Waals surface area contributed by atoms with Crippen molar-refractivity contribution in [2.45, 2.75) is 6.61 Å². The summed E-state index contributed by atoms with van der Waals surface area (Å²) in [7, 11) is 0. The molecule has 0 spiro atoms. The van der Waals surface area contributed by atoms with Crippen LogP contribution in [-0.2, 0) is 11.3 Å². The van der Waals surface area contributed by atoms with E-state index in [-0.39, 0.29) is 12.4 Å². The first-order valence-electron chi connectivity index (χ1n) is 11.5. The predicted octanol–water partition coefficient (Wildman–Crippen LogP) is 6.71. The summed E-state index contributed by atoms with van der Waals surface area (Å²) in [5, 5.41) is 11.0. The topological polar surface area (TPSA) is 84.1 Å². The van der Waals surface area contributed by atoms with Gasteiger partial charge in [0.05, 0.1) is 11.2 Å². The molecule has 1 aromatic heterocycles. The zero-order valence-electron chi connectivity index (χ0n) is 19.3. The highest BCUT2D eigenvalue weighted by Gasteiger charge is 2.13. The monoisotopic (exact) mass is 473 g/mol. The molecule has 0 saturated heterocycles. The number of benzene rings is 4. The van der Waals surface area contributed by atoms with E-state index in [9.17, 15) is 9.59 Å². The number of rotatable bonds is 7. The second-order valence-electron chi connectivity index (χ2n) is 8.21. The summed E-state index contributed by atoms with van der Waals surface area (Å²) in [6.07, 6.45) is 3.36. The first-order chi connectivity index (χ1) is 17.7. The number of hydrogen-bond acceptors (Lipinski definition) is 4. The van der Waals surface area contributed by atoms with E-state index in [0.29, 0.717) is 16.8 Å². The molecule has 1 heterocycles. The summed E-state index contributed by atoms with van der Waals surface area (Å²) in [5.74, 6) is -0.158. The van der Waals surface area contributed by atoms with E-state index in [4.69, 9.17) is 4.74 Å². The zero-order chi connectivity index (χ0) is 24.7. The second-order valence-corrected chi connectivity index (χ2v) is 8.21. The summed E-state index contributed by atoms with van der Waals surface area (Å²) in [6.45, 7) is 0.165. The minimum absolute atomic E-state index is 0.158. The van der Waals surface area contributed by atoms with Crippen LogP contribution >= 0.6 is 0 Å². The largest absolute Gasteiger partial charge is 0.444 e. The number of ether oxygens (including phenoxy) is 1. The van der Waals surface area contributed by atoms with Gasteiger partial charge in [-0.05, 0) is 41.5 Å². The van der Waals surface area contributed by atoms with Gasteiger partial charge in [0.25, 0.3) is 0 Å². The van der Waals surface area contributed by atoms with Crippen molar-refractivity contribution in [1.82, 2.24) is 10.2 Å². The number of nitrogens with zero attached hydrogens (tertiary/aromatic N) is 1. The number of H-pyrrole nitrogens is 1. The molecule has 2 N–H and O–H groups in total. The van der Waals surface area contributed by atoms with Crippen molar-refractivity contribution >= 4 is 40.6 Å². The summed E-state index contributed by atoms with van der Waals surface area (Å²) in [6, 6.07) is 31.7. The van der Waals surface area contributed by atoms with Crippen LogP contribution in [0.3, 0.4) is 0 Å². The Morgan fingerprint density at radius 1 is 0.806 bits per heavy atom. The van der Waals surface area contributed by atoms with Gasteiger partial charge in [0.15, 0.2) is 5.78 Å². The Morgan fingerprint density at radius 2 is 1.56 bits per heavy atom. The highest BCUT2D eigenvalue weighted by atomic mass is 16.5. The highest BCUT2D eigenvalue weighted by Crippen LogP contribution is 2.22. The van der Waals surface area contributed by atoms with Crippen molar-refractivity contribution in [3.05, 3.63) is 131 Å². The Labute approximate surface area is 208 Å². The van der Waals surface area contributed by atoms with E-state index in [1.807, 2.05) is 78.9 Å². The van der Waals surface area contributed by atoms with Gasteiger partial charge in [0.2, 0.25) is 0 Å². The molecular weight excluding hydrogens is 450 g/mol. The third-order valence-electron chi connectivity index (χ3n) is 5.67. The smallest absolute Gasteiger partial charge is 0.411 e. The van der Waals surface area contributed by atoms with Gasteiger partial charge in [-0.2, -0.15) is 5.10 Å². The fraction of sp³-hybridized carbons (Fsp3) is 0.0333. The molecule has 176 valence electrons. The minimum Gasteiger partial charge on any atom is -0.444 e. The van der Waals surface area contributed by atoms with Crippen LogP contribution in [0.5, 0.6) is 0 Å². The first kappa shape index (κ1) is 22.8. The van der Waals surface area contributed by atoms with Gasteiger partial charge >= 0.3 is 6.09 Å². The van der Waals surface area contributed by atoms with Crippen LogP contribution in [0.1, 0.15) is 32.7 Å². The van der Waals surface area contributed by atoms with Crippen LogP contribution in [-0.4, -0.2) is 22.1 Å². The SMILES string of the molecule is O=C(Nc1cccc(C(=O)c2ccc3c(C=Cc4ccccc4)n[nH]c3c2)c1)OCc1ccccc1. The Hall–Kier alpha value is -4.97. The molecule has 36 heavy (non-hydrogen) atoms. The van der Waals surface area contributed by atoms with Crippen molar-refractivity contribution in [2.24, 2.45) is 0 Å². The zero-order valence-corrected chi connectivity index (χ0v) is 19.3. The van der Waals surface area contributed by atoms with Gasteiger partial charge in [0, 0.05) is 22.2 Å². The highest BCUT2D eigenvalue weighted by molar-refractivity contribution is 6.11. The maximum Gasteiger partial charge on any atom is 0.411 e. The van der Waals surface area contributed by atoms with E-state index in [0.717, 1.165) is 27.7 Å². The molecule has 0 aliphatic carbocycles. The van der Waals surface area contributed by atoms with Crippen molar-refractivity contribution in [3.63, 3.8) is 0 Å². The van der Waals surface area contributed by atoms with E-state index in [1.165, 1.54) is 0 Å². The fourth-order valence-electron chi connectivity index (χ4n) is 3.83. The maximum absolute atomic E-state index is 13.2. The van der Waals surface area contributed by atoms with Gasteiger partial charge in [-0.15, -0.1) is 0 Å². The van der Waals surface area contributed by atoms with Crippen molar-refractivity contribution in [3.8, 4) is 0 Å². The van der Waals surface area contributed by atoms with Crippen LogP contribution in [0.2, 0.25) is 0 Å². The molecule has 5 rings (SSSR count). The number of ketones is 1. The molecule has 0 bridgehead atoms. The number of anilines is 1. The Kier molecular flexibility index (Phi) is 6.67. The average molecular weight is 474 g/mol. The van der Waals surface area contributed by atoms with Gasteiger partial charge < -0.3 is 4.74 Å². The number of nitrogens with one attached hydrogen (secondary N) is 2. The van der Waals surface area contributed by atoms with Crippen LogP contribution in [0.25, 0.3) is 23.1 Å². The summed E-state index contributed by atoms with van der Waals surface area (Å²) >= 11 is 0. The molecule has 0 aliphatic rings. The number of aromatic amines is 1. The van der Waals surface area contributed by atoms with Crippen LogP contribution < -0.4 is 5.32 Å². The molecule has 0 fully saturated rings. The van der Waals surface area contributed by atoms with E-state index in [2.05, 4.69) is 15.5 Å². The molecule has 5 aromatic rings. The molecule has 6 heteroatoms. The first-order valence-corrected chi connectivity index (χ1v) is 11.5. The van der Waals surface area contributed by atoms with E-state index in [1.54, 1.807) is 36.4 Å². The lowest BCUT2D eigenvalue weighted by atomic mass is 10.0. The molecular formula is C30H23N3O3. The van der Waals surface area contributed by atoms with Crippen LogP contribution in [0.15, 0.2) is 103 Å². The molecule has 1 amide bonds. The summed E-state index contributed by atoms with van der Waals surface area (Å²) in [4.78, 5) is 25.4. The van der Waals surface area contributed by atoms with Crippen molar-refractivity contribution in [1.29, 1.82) is 0 Å². The number of aromatic nitrogens is 2. The number of amides is 1. The molecule has 0 radical (unpaired) electrons. The minimum atomic E-state index is -0.585. The lowest BCUT2D eigenvalue weighted by molar-refractivity contribution is 0.103. The number of carbonyl (C=O) groups is 2. The molecule has 6 nitrogen and oxygen atoms in total. The van der Waals surface area contributed by atoms with E-state index < -0.39 is 6.09 Å². The predicted molar refractivity (Wildman–Crippen MR) is 142 cm³/mol. The number of fused-ring (bicyclic) bond motifs is 1. The standard InChI is InChI=1S/C30H23N3O3/c34-29(23-12-7-13-25(18-23)31-30(35)36-20-22-10-5-2-6-11-22)24-15-16-26-27(32-33-28(26)19-24)17-14-21-8-3-1-4-9-21/h1-19H,20H2,(H,31,35)(H,32,33). The van der Waals surface area contributed by atoms with Gasteiger partial charge in [-0.3, -0.25) is 15.2 Å². The molecule has 4 aromatic carbocycles. The number of carbonyl (C=O) groups excluding carboxylic acids is 2. The quantitative estimate of drug-likeness (QED) is 0.257. The fourth-order valence-corrected chi connectivity index (χ4v) is 3.83. The van der Waals surface area contributed by atoms with Crippen molar-refractivity contribution < 1.29 is 14.3 Å². The third kappa shape index (κ3) is 5.39. The molecule has 0 atom stereocenters. The third-order valence-corrected chi connectivity index (χ3v) is 5.67. The van der Waals surface area contributed by atoms with E-state index >= 15 is 0 Å². The lowest BCUT2D eigenvalue weighted by Crippen LogP contribution is -2.14. The maximum atomic E-state index is 13.2. The normalized spacial score (nSPS) is 11.0. The Balaban J connectivity index is 1.28. The molecule has 0 aliphatic heterocycles. The summed E-state index contributed by atoms with van der Waals surface area (Å²) in [5.41, 5.74) is 5.00. The van der Waals surface area contributed by atoms with Gasteiger partial charge in [0.1, 0.15) is 6.61 Å². The van der Waals surface area contributed by atoms with Gasteiger partial charge in [-0.25, -0.2) is 4.79 Å². The number of hydrogen-bond donors (Lipinski definition) is 2. The molecule has 0 unspecified atom stereocenters. The lowest BCUT2D eigenvalue weighted by Gasteiger charge is -2.08. The Morgan fingerprint density at radius 3 is 2.36 bits per heavy atom. The Bertz CT molecular complexity index is 1540. The average Bonchev–Trinajstić information content (AvgIpc) is 3.34. The second kappa shape index (κ2) is 10.5. The summed E-state index contributed by atoms with van der Waals surface area (Å²) < 4.78 is 5.26. The van der Waals surface area contributed by atoms with Crippen molar-refractivity contribution in [2.75, 3.05) is 5.32 Å². The van der Waals surface area contributed by atoms with Crippen LogP contribution in [0.4, 0.5) is 10.5 Å². The van der Waals surface area contributed by atoms with Gasteiger partial charge in [-0.1, -0.05) is 84.9 Å².